The number of carbonyl (C=O) groups excluding carboxylic acids is 1. The minimum Gasteiger partial charge on any atom is -0.462 e. The minimum atomic E-state index is -0.877. The van der Waals surface area contributed by atoms with Crippen molar-refractivity contribution in [2.45, 2.75) is 63.6 Å². The summed E-state index contributed by atoms with van der Waals surface area (Å²) in [4.78, 5) is 12.2. The molecule has 1 fully saturated rings. The molecule has 0 bridgehead atoms. The number of ether oxygens (including phenoxy) is 1. The molecule has 0 amide bonds. The molecule has 2 rings (SSSR count). The summed E-state index contributed by atoms with van der Waals surface area (Å²) in [6.07, 6.45) is 2.86. The monoisotopic (exact) mass is 340 g/mol. The molecule has 134 valence electrons. The average molecular weight is 340 g/mol. The summed E-state index contributed by atoms with van der Waals surface area (Å²) in [5, 5.41) is 3.27. The summed E-state index contributed by atoms with van der Waals surface area (Å²) in [7, 11) is 0. The Labute approximate surface area is 141 Å². The first-order valence-electron chi connectivity index (χ1n) is 8.52. The highest BCUT2D eigenvalue weighted by atomic mass is 19.2. The van der Waals surface area contributed by atoms with Crippen molar-refractivity contribution in [3.05, 3.63) is 35.4 Å². The molecule has 1 aliphatic rings. The molecule has 2 atom stereocenters. The predicted octanol–water partition coefficient (Wildman–Crippen LogP) is 2.86. The third-order valence-corrected chi connectivity index (χ3v) is 4.16. The Morgan fingerprint density at radius 2 is 2.04 bits per heavy atom. The topological polar surface area (TPSA) is 64.3 Å². The van der Waals surface area contributed by atoms with Crippen LogP contribution in [0.15, 0.2) is 18.2 Å². The van der Waals surface area contributed by atoms with Crippen molar-refractivity contribution in [1.29, 1.82) is 0 Å². The van der Waals surface area contributed by atoms with Crippen LogP contribution in [0, 0.1) is 11.6 Å². The molecule has 1 aromatic carbocycles. The quantitative estimate of drug-likeness (QED) is 0.679. The van der Waals surface area contributed by atoms with Crippen molar-refractivity contribution >= 4 is 5.97 Å². The summed E-state index contributed by atoms with van der Waals surface area (Å²) >= 11 is 0. The second kappa shape index (κ2) is 8.53. The first kappa shape index (κ1) is 18.8. The number of benzene rings is 1. The summed E-state index contributed by atoms with van der Waals surface area (Å²) in [6.45, 7) is 3.80. The molecular formula is C18H26F2N2O2. The van der Waals surface area contributed by atoms with E-state index in [0.29, 0.717) is 18.9 Å². The number of halogens is 2. The zero-order chi connectivity index (χ0) is 17.7. The molecule has 0 saturated heterocycles. The van der Waals surface area contributed by atoms with E-state index in [1.165, 1.54) is 6.07 Å². The van der Waals surface area contributed by atoms with E-state index >= 15 is 0 Å². The number of hydrogen-bond acceptors (Lipinski definition) is 4. The maximum Gasteiger partial charge on any atom is 0.323 e. The maximum atomic E-state index is 14.0. The lowest BCUT2D eigenvalue weighted by Crippen LogP contribution is -2.40. The van der Waals surface area contributed by atoms with Gasteiger partial charge in [-0.3, -0.25) is 4.79 Å². The highest BCUT2D eigenvalue weighted by molar-refractivity contribution is 5.76. The number of nitrogens with two attached hydrogens (primary N) is 1. The normalized spacial score (nSPS) is 16.9. The molecule has 6 heteroatoms. The first-order valence-corrected chi connectivity index (χ1v) is 8.52. The summed E-state index contributed by atoms with van der Waals surface area (Å²) in [6, 6.07) is 4.02. The molecule has 0 spiro atoms. The van der Waals surface area contributed by atoms with Crippen molar-refractivity contribution in [2.75, 3.05) is 6.54 Å². The van der Waals surface area contributed by atoms with Crippen molar-refractivity contribution in [2.24, 2.45) is 5.73 Å². The summed E-state index contributed by atoms with van der Waals surface area (Å²) < 4.78 is 32.7. The average Bonchev–Trinajstić information content (AvgIpc) is 3.33. The van der Waals surface area contributed by atoms with E-state index in [9.17, 15) is 13.6 Å². The van der Waals surface area contributed by atoms with Gasteiger partial charge in [-0.05, 0) is 63.6 Å². The highest BCUT2D eigenvalue weighted by Gasteiger charge is 2.30. The van der Waals surface area contributed by atoms with Gasteiger partial charge >= 0.3 is 5.97 Å². The van der Waals surface area contributed by atoms with Crippen LogP contribution in [0.3, 0.4) is 0 Å². The highest BCUT2D eigenvalue weighted by Crippen LogP contribution is 2.27. The van der Waals surface area contributed by atoms with Gasteiger partial charge in [0.2, 0.25) is 0 Å². The number of esters is 1. The maximum absolute atomic E-state index is 14.0. The van der Waals surface area contributed by atoms with E-state index in [0.717, 1.165) is 18.9 Å². The van der Waals surface area contributed by atoms with Crippen LogP contribution in [0.1, 0.15) is 51.0 Å². The van der Waals surface area contributed by atoms with Crippen LogP contribution in [0.25, 0.3) is 0 Å². The fourth-order valence-corrected chi connectivity index (χ4v) is 2.72. The Balaban J connectivity index is 2.02. The van der Waals surface area contributed by atoms with Crippen molar-refractivity contribution < 1.29 is 18.3 Å². The number of hydrogen-bond donors (Lipinski definition) is 2. The molecule has 0 heterocycles. The van der Waals surface area contributed by atoms with Gasteiger partial charge in [0.1, 0.15) is 6.04 Å². The van der Waals surface area contributed by atoms with Crippen molar-refractivity contribution in [3.63, 3.8) is 0 Å². The number of rotatable bonds is 9. The Morgan fingerprint density at radius 1 is 1.33 bits per heavy atom. The van der Waals surface area contributed by atoms with Crippen LogP contribution in [-0.4, -0.2) is 30.7 Å². The van der Waals surface area contributed by atoms with E-state index in [1.807, 2.05) is 0 Å². The van der Waals surface area contributed by atoms with Gasteiger partial charge in [-0.15, -0.1) is 0 Å². The van der Waals surface area contributed by atoms with Gasteiger partial charge in [-0.1, -0.05) is 12.1 Å². The molecule has 3 N–H and O–H groups in total. The number of carbonyl (C=O) groups is 1. The molecule has 24 heavy (non-hydrogen) atoms. The third kappa shape index (κ3) is 5.24. The van der Waals surface area contributed by atoms with Crippen LogP contribution in [0.5, 0.6) is 0 Å². The molecule has 0 radical (unpaired) electrons. The Kier molecular flexibility index (Phi) is 6.69. The Morgan fingerprint density at radius 3 is 2.62 bits per heavy atom. The molecule has 2 unspecified atom stereocenters. The molecule has 0 aromatic heterocycles. The van der Waals surface area contributed by atoms with E-state index in [4.69, 9.17) is 10.5 Å². The third-order valence-electron chi connectivity index (χ3n) is 4.16. The van der Waals surface area contributed by atoms with Crippen LogP contribution >= 0.6 is 0 Å². The smallest absolute Gasteiger partial charge is 0.323 e. The van der Waals surface area contributed by atoms with E-state index in [1.54, 1.807) is 19.9 Å². The molecule has 0 aliphatic heterocycles. The zero-order valence-electron chi connectivity index (χ0n) is 14.2. The van der Waals surface area contributed by atoms with E-state index < -0.39 is 17.7 Å². The Bertz CT molecular complexity index is 562. The van der Waals surface area contributed by atoms with Gasteiger partial charge in [0.05, 0.1) is 6.10 Å². The predicted molar refractivity (Wildman–Crippen MR) is 88.6 cm³/mol. The van der Waals surface area contributed by atoms with E-state index in [-0.39, 0.29) is 30.1 Å². The second-order valence-electron chi connectivity index (χ2n) is 6.63. The lowest BCUT2D eigenvalue weighted by atomic mass is 9.92. The molecule has 1 aliphatic carbocycles. The lowest BCUT2D eigenvalue weighted by molar-refractivity contribution is -0.150. The number of nitrogens with one attached hydrogen (secondary N) is 1. The van der Waals surface area contributed by atoms with Crippen LogP contribution < -0.4 is 11.1 Å². The SMILES string of the molecule is CC(C)OC(=O)C(CCC(CN)c1cccc(F)c1F)NC1CC1. The molecule has 1 aromatic rings. The fraction of sp³-hybridized carbons (Fsp3) is 0.611. The molecule has 1 saturated carbocycles. The van der Waals surface area contributed by atoms with Crippen LogP contribution in [-0.2, 0) is 9.53 Å². The van der Waals surface area contributed by atoms with Crippen LogP contribution in [0.2, 0.25) is 0 Å². The van der Waals surface area contributed by atoms with Gasteiger partial charge in [0.15, 0.2) is 11.6 Å². The van der Waals surface area contributed by atoms with E-state index in [2.05, 4.69) is 5.32 Å². The standard InChI is InChI=1S/C18H26F2N2O2/c1-11(2)24-18(23)16(22-13-7-8-13)9-6-12(10-21)14-4-3-5-15(19)17(14)20/h3-5,11-13,16,22H,6-10,21H2,1-2H3. The zero-order valence-corrected chi connectivity index (χ0v) is 14.2. The van der Waals surface area contributed by atoms with Gasteiger partial charge < -0.3 is 15.8 Å². The first-order chi connectivity index (χ1) is 11.4. The summed E-state index contributed by atoms with van der Waals surface area (Å²) in [5.74, 6) is -2.37. The fourth-order valence-electron chi connectivity index (χ4n) is 2.72. The minimum absolute atomic E-state index is 0.188. The van der Waals surface area contributed by atoms with Crippen molar-refractivity contribution in [3.8, 4) is 0 Å². The van der Waals surface area contributed by atoms with Crippen molar-refractivity contribution in [1.82, 2.24) is 5.32 Å². The van der Waals surface area contributed by atoms with Gasteiger partial charge in [-0.2, -0.15) is 0 Å². The van der Waals surface area contributed by atoms with Gasteiger partial charge in [0.25, 0.3) is 0 Å². The van der Waals surface area contributed by atoms with Crippen LogP contribution in [0.4, 0.5) is 8.78 Å². The second-order valence-corrected chi connectivity index (χ2v) is 6.63. The molecular weight excluding hydrogens is 314 g/mol. The largest absolute Gasteiger partial charge is 0.462 e. The molecule has 4 nitrogen and oxygen atoms in total. The lowest BCUT2D eigenvalue weighted by Gasteiger charge is -2.22. The Hall–Kier alpha value is -1.53. The summed E-state index contributed by atoms with van der Waals surface area (Å²) in [5.41, 5.74) is 6.02. The van der Waals surface area contributed by atoms with Gasteiger partial charge in [0, 0.05) is 6.04 Å². The van der Waals surface area contributed by atoms with Gasteiger partial charge in [-0.25, -0.2) is 8.78 Å².